The van der Waals surface area contributed by atoms with Gasteiger partial charge in [-0.15, -0.1) is 0 Å². The normalized spacial score (nSPS) is 15.7. The van der Waals surface area contributed by atoms with Crippen LogP contribution in [0, 0.1) is 11.3 Å². The van der Waals surface area contributed by atoms with Gasteiger partial charge < -0.3 is 9.84 Å². The first-order valence-electron chi connectivity index (χ1n) is 9.45. The predicted molar refractivity (Wildman–Crippen MR) is 106 cm³/mol. The Morgan fingerprint density at radius 1 is 1.24 bits per heavy atom. The number of aliphatic hydroxyl groups is 1. The van der Waals surface area contributed by atoms with E-state index < -0.39 is 6.23 Å². The molecule has 1 unspecified atom stereocenters. The van der Waals surface area contributed by atoms with E-state index in [1.165, 1.54) is 4.68 Å². The lowest BCUT2D eigenvalue weighted by Gasteiger charge is -2.26. The zero-order valence-corrected chi connectivity index (χ0v) is 15.7. The molecule has 29 heavy (non-hydrogen) atoms. The van der Waals surface area contributed by atoms with Gasteiger partial charge in [-0.2, -0.15) is 5.26 Å². The van der Waals surface area contributed by atoms with E-state index in [-0.39, 0.29) is 11.6 Å². The number of nitrogens with one attached hydrogen (secondary N) is 2. The van der Waals surface area contributed by atoms with Crippen LogP contribution in [-0.4, -0.2) is 39.1 Å². The Balaban J connectivity index is 1.51. The summed E-state index contributed by atoms with van der Waals surface area (Å²) in [5, 5.41) is 25.4. The molecule has 3 N–H and O–H groups in total. The molecule has 0 amide bonds. The van der Waals surface area contributed by atoms with Crippen molar-refractivity contribution in [3.05, 3.63) is 70.3 Å². The van der Waals surface area contributed by atoms with Gasteiger partial charge in [0.2, 0.25) is 0 Å². The minimum atomic E-state index is -0.825. The molecule has 3 aromatic rings. The highest BCUT2D eigenvalue weighted by Crippen LogP contribution is 2.18. The summed E-state index contributed by atoms with van der Waals surface area (Å²) in [6, 6.07) is 12.5. The molecule has 1 aliphatic rings. The van der Waals surface area contributed by atoms with E-state index >= 15 is 0 Å². The van der Waals surface area contributed by atoms with E-state index in [1.807, 2.05) is 0 Å². The van der Waals surface area contributed by atoms with E-state index in [1.54, 1.807) is 48.8 Å². The zero-order chi connectivity index (χ0) is 20.2. The molecule has 148 valence electrons. The number of nitriles is 1. The maximum Gasteiger partial charge on any atom is 0.280 e. The van der Waals surface area contributed by atoms with Crippen molar-refractivity contribution in [2.75, 3.05) is 13.2 Å². The number of aromatic nitrogens is 3. The number of rotatable bonds is 5. The van der Waals surface area contributed by atoms with Crippen LogP contribution in [0.2, 0.25) is 0 Å². The van der Waals surface area contributed by atoms with Gasteiger partial charge in [0.25, 0.3) is 5.56 Å². The molecule has 1 aromatic carbocycles. The van der Waals surface area contributed by atoms with E-state index in [0.29, 0.717) is 35.7 Å². The zero-order valence-electron chi connectivity index (χ0n) is 15.7. The van der Waals surface area contributed by atoms with Gasteiger partial charge in [-0.1, -0.05) is 12.1 Å². The van der Waals surface area contributed by atoms with Crippen molar-refractivity contribution in [3.8, 4) is 23.0 Å². The monoisotopic (exact) mass is 391 g/mol. The minimum Gasteiger partial charge on any atom is -0.381 e. The summed E-state index contributed by atoms with van der Waals surface area (Å²) in [4.78, 5) is 17.1. The van der Waals surface area contributed by atoms with Crippen LogP contribution in [0.4, 0.5) is 0 Å². The lowest BCUT2D eigenvalue weighted by molar-refractivity contribution is 0.0490. The van der Waals surface area contributed by atoms with Crippen LogP contribution in [0.3, 0.4) is 0 Å². The lowest BCUT2D eigenvalue weighted by atomic mass is 10.1. The first-order chi connectivity index (χ1) is 14.2. The summed E-state index contributed by atoms with van der Waals surface area (Å²) in [6.45, 7) is 1.39. The van der Waals surface area contributed by atoms with Crippen molar-refractivity contribution < 1.29 is 9.84 Å². The van der Waals surface area contributed by atoms with Gasteiger partial charge in [-0.25, -0.2) is 9.67 Å². The maximum atomic E-state index is 12.8. The molecule has 0 saturated carbocycles. The molecule has 1 fully saturated rings. The summed E-state index contributed by atoms with van der Waals surface area (Å²) >= 11 is 0. The van der Waals surface area contributed by atoms with E-state index in [4.69, 9.17) is 10.00 Å². The molecule has 8 nitrogen and oxygen atoms in total. The van der Waals surface area contributed by atoms with Gasteiger partial charge in [-0.3, -0.25) is 15.2 Å². The Hall–Kier alpha value is -3.25. The molecule has 1 atom stereocenters. The lowest BCUT2D eigenvalue weighted by Crippen LogP contribution is -2.37. The average molecular weight is 391 g/mol. The molecule has 1 saturated heterocycles. The fraction of sp³-hybridized carbons (Fsp3) is 0.286. The van der Waals surface area contributed by atoms with Gasteiger partial charge in [0.1, 0.15) is 6.23 Å². The SMILES string of the molecule is N#Cc1ccc(-c2c[nH]n(-c3ccc(C(O)NC4CCOCC4)cn3)c2=O)cc1. The first kappa shape index (κ1) is 19.1. The quantitative estimate of drug-likeness (QED) is 0.572. The van der Waals surface area contributed by atoms with Gasteiger partial charge >= 0.3 is 0 Å². The molecule has 0 spiro atoms. The van der Waals surface area contributed by atoms with E-state index in [2.05, 4.69) is 21.5 Å². The third-order valence-electron chi connectivity index (χ3n) is 5.03. The highest BCUT2D eigenvalue weighted by atomic mass is 16.5. The Labute approximate surface area is 167 Å². The summed E-state index contributed by atoms with van der Waals surface area (Å²) in [7, 11) is 0. The number of pyridine rings is 1. The Bertz CT molecular complexity index is 1060. The standard InChI is InChI=1S/C21H21N5O3/c22-11-14-1-3-15(4-2-14)18-13-24-26(21(18)28)19-6-5-16(12-23-19)20(27)25-17-7-9-29-10-8-17/h1-6,12-13,17,20,24-25,27H,7-10H2. The molecular weight excluding hydrogens is 370 g/mol. The largest absolute Gasteiger partial charge is 0.381 e. The van der Waals surface area contributed by atoms with Crippen molar-refractivity contribution in [3.63, 3.8) is 0 Å². The van der Waals surface area contributed by atoms with Crippen LogP contribution in [0.1, 0.15) is 30.2 Å². The average Bonchev–Trinajstić information content (AvgIpc) is 3.16. The van der Waals surface area contributed by atoms with Crippen LogP contribution in [0.25, 0.3) is 16.9 Å². The van der Waals surface area contributed by atoms with E-state index in [9.17, 15) is 9.90 Å². The van der Waals surface area contributed by atoms with Crippen molar-refractivity contribution in [2.45, 2.75) is 25.1 Å². The molecule has 0 aliphatic carbocycles. The Morgan fingerprint density at radius 3 is 2.66 bits per heavy atom. The van der Waals surface area contributed by atoms with Gasteiger partial charge in [0.15, 0.2) is 5.82 Å². The molecule has 0 radical (unpaired) electrons. The van der Waals surface area contributed by atoms with Crippen LogP contribution in [-0.2, 0) is 4.74 Å². The first-order valence-corrected chi connectivity index (χ1v) is 9.45. The number of benzene rings is 1. The molecule has 3 heterocycles. The summed E-state index contributed by atoms with van der Waals surface area (Å²) < 4.78 is 6.67. The highest BCUT2D eigenvalue weighted by Gasteiger charge is 2.18. The molecule has 4 rings (SSSR count). The van der Waals surface area contributed by atoms with Crippen molar-refractivity contribution in [2.24, 2.45) is 0 Å². The Kier molecular flexibility index (Phi) is 5.53. The number of hydrogen-bond donors (Lipinski definition) is 3. The summed E-state index contributed by atoms with van der Waals surface area (Å²) in [6.07, 6.45) is 4.06. The van der Waals surface area contributed by atoms with Crippen molar-refractivity contribution in [1.29, 1.82) is 5.26 Å². The molecular formula is C21H21N5O3. The predicted octanol–water partition coefficient (Wildman–Crippen LogP) is 1.86. The van der Waals surface area contributed by atoms with E-state index in [0.717, 1.165) is 18.4 Å². The number of ether oxygens (including phenoxy) is 1. The number of aliphatic hydroxyl groups excluding tert-OH is 1. The maximum absolute atomic E-state index is 12.8. The topological polar surface area (TPSA) is 116 Å². The van der Waals surface area contributed by atoms with Crippen molar-refractivity contribution >= 4 is 0 Å². The molecule has 0 bridgehead atoms. The van der Waals surface area contributed by atoms with Gasteiger partial charge in [0, 0.05) is 37.2 Å². The van der Waals surface area contributed by atoms with Crippen LogP contribution < -0.4 is 10.9 Å². The molecule has 1 aliphatic heterocycles. The minimum absolute atomic E-state index is 0.208. The van der Waals surface area contributed by atoms with Gasteiger partial charge in [0.05, 0.1) is 17.2 Å². The van der Waals surface area contributed by atoms with Gasteiger partial charge in [-0.05, 0) is 42.7 Å². The summed E-state index contributed by atoms with van der Waals surface area (Å²) in [5.41, 5.74) is 2.14. The van der Waals surface area contributed by atoms with Crippen LogP contribution in [0.5, 0.6) is 0 Å². The smallest absolute Gasteiger partial charge is 0.280 e. The second-order valence-electron chi connectivity index (χ2n) is 6.92. The molecule has 2 aromatic heterocycles. The molecule has 8 heteroatoms. The third-order valence-corrected chi connectivity index (χ3v) is 5.03. The number of H-pyrrole nitrogens is 1. The van der Waals surface area contributed by atoms with Crippen molar-refractivity contribution in [1.82, 2.24) is 20.1 Å². The second-order valence-corrected chi connectivity index (χ2v) is 6.92. The van der Waals surface area contributed by atoms with Crippen LogP contribution >= 0.6 is 0 Å². The number of hydrogen-bond acceptors (Lipinski definition) is 6. The number of aromatic amines is 1. The second kappa shape index (κ2) is 8.41. The van der Waals surface area contributed by atoms with Crippen LogP contribution in [0.15, 0.2) is 53.6 Å². The summed E-state index contributed by atoms with van der Waals surface area (Å²) in [5.74, 6) is 0.428. The fourth-order valence-corrected chi connectivity index (χ4v) is 3.35. The Morgan fingerprint density at radius 2 is 2.00 bits per heavy atom. The fourth-order valence-electron chi connectivity index (χ4n) is 3.35. The highest BCUT2D eigenvalue weighted by molar-refractivity contribution is 5.63. The third kappa shape index (κ3) is 4.12. The number of nitrogens with zero attached hydrogens (tertiary/aromatic N) is 3.